The van der Waals surface area contributed by atoms with Gasteiger partial charge in [0.1, 0.15) is 0 Å². The maximum atomic E-state index is 6.08. The SMILES string of the molecule is CC1CN(C)CCC1Nc1ccc(N)c2cc(Br)cnc12. The predicted molar refractivity (Wildman–Crippen MR) is 92.5 cm³/mol. The maximum Gasteiger partial charge on any atom is 0.0954 e. The highest BCUT2D eigenvalue weighted by Crippen LogP contribution is 2.30. The van der Waals surface area contributed by atoms with Gasteiger partial charge in [0.05, 0.1) is 11.2 Å². The van der Waals surface area contributed by atoms with E-state index >= 15 is 0 Å². The molecule has 5 heteroatoms. The number of nitrogens with zero attached hydrogens (tertiary/aromatic N) is 2. The number of anilines is 2. The van der Waals surface area contributed by atoms with E-state index < -0.39 is 0 Å². The number of hydrogen-bond donors (Lipinski definition) is 2. The summed E-state index contributed by atoms with van der Waals surface area (Å²) in [5, 5.41) is 4.68. The molecule has 0 saturated carbocycles. The van der Waals surface area contributed by atoms with Gasteiger partial charge in [-0.2, -0.15) is 0 Å². The standard InChI is InChI=1S/C16H21BrN4/c1-10-9-21(2)6-5-14(10)20-15-4-3-13(18)12-7-11(17)8-19-16(12)15/h3-4,7-8,10,14,20H,5-6,9,18H2,1-2H3. The first kappa shape index (κ1) is 14.6. The van der Waals surface area contributed by atoms with E-state index in [1.54, 1.807) is 0 Å². The fraction of sp³-hybridized carbons (Fsp3) is 0.438. The Balaban J connectivity index is 1.92. The van der Waals surface area contributed by atoms with Crippen LogP contribution in [0.2, 0.25) is 0 Å². The Morgan fingerprint density at radius 3 is 3.00 bits per heavy atom. The molecular weight excluding hydrogens is 328 g/mol. The van der Waals surface area contributed by atoms with E-state index in [1.807, 2.05) is 24.4 Å². The van der Waals surface area contributed by atoms with Gasteiger partial charge in [-0.05, 0) is 60.1 Å². The lowest BCUT2D eigenvalue weighted by Gasteiger charge is -2.36. The van der Waals surface area contributed by atoms with Crippen LogP contribution >= 0.6 is 15.9 Å². The van der Waals surface area contributed by atoms with Crippen LogP contribution in [-0.2, 0) is 0 Å². The summed E-state index contributed by atoms with van der Waals surface area (Å²) in [7, 11) is 2.18. The van der Waals surface area contributed by atoms with Crippen molar-refractivity contribution in [3.63, 3.8) is 0 Å². The number of nitrogen functional groups attached to an aromatic ring is 1. The van der Waals surface area contributed by atoms with Gasteiger partial charge in [0, 0.05) is 34.3 Å². The van der Waals surface area contributed by atoms with Crippen molar-refractivity contribution in [2.45, 2.75) is 19.4 Å². The number of rotatable bonds is 2. The van der Waals surface area contributed by atoms with E-state index in [0.717, 1.165) is 46.3 Å². The Hall–Kier alpha value is -1.33. The van der Waals surface area contributed by atoms with Crippen molar-refractivity contribution in [1.29, 1.82) is 0 Å². The Bertz CT molecular complexity index is 658. The van der Waals surface area contributed by atoms with Crippen LogP contribution in [0.25, 0.3) is 10.9 Å². The Kier molecular flexibility index (Phi) is 4.04. The monoisotopic (exact) mass is 348 g/mol. The first-order valence-corrected chi connectivity index (χ1v) is 8.12. The molecule has 112 valence electrons. The van der Waals surface area contributed by atoms with E-state index in [0.29, 0.717) is 12.0 Å². The van der Waals surface area contributed by atoms with Gasteiger partial charge in [-0.3, -0.25) is 4.98 Å². The Morgan fingerprint density at radius 1 is 1.43 bits per heavy atom. The molecule has 4 nitrogen and oxygen atoms in total. The Labute approximate surface area is 133 Å². The molecular formula is C16H21BrN4. The number of likely N-dealkylation sites (tertiary alicyclic amines) is 1. The zero-order valence-electron chi connectivity index (χ0n) is 12.4. The molecule has 1 fully saturated rings. The number of pyridine rings is 1. The molecule has 0 radical (unpaired) electrons. The number of halogens is 1. The fourth-order valence-corrected chi connectivity index (χ4v) is 3.43. The predicted octanol–water partition coefficient (Wildman–Crippen LogP) is 3.33. The van der Waals surface area contributed by atoms with E-state index in [2.05, 4.69) is 45.1 Å². The summed E-state index contributed by atoms with van der Waals surface area (Å²) in [6.07, 6.45) is 2.98. The largest absolute Gasteiger partial charge is 0.398 e. The van der Waals surface area contributed by atoms with Gasteiger partial charge in [-0.1, -0.05) is 6.92 Å². The molecule has 2 unspecified atom stereocenters. The number of hydrogen-bond acceptors (Lipinski definition) is 4. The second-order valence-corrected chi connectivity index (χ2v) is 6.95. The van der Waals surface area contributed by atoms with Crippen LogP contribution in [0, 0.1) is 5.92 Å². The average Bonchev–Trinajstić information content (AvgIpc) is 2.45. The van der Waals surface area contributed by atoms with E-state index in [4.69, 9.17) is 5.73 Å². The number of fused-ring (bicyclic) bond motifs is 1. The highest BCUT2D eigenvalue weighted by atomic mass is 79.9. The summed E-state index contributed by atoms with van der Waals surface area (Å²) in [5.74, 6) is 0.617. The van der Waals surface area contributed by atoms with Crippen molar-refractivity contribution in [1.82, 2.24) is 9.88 Å². The summed E-state index contributed by atoms with van der Waals surface area (Å²) in [6, 6.07) is 6.52. The molecule has 3 rings (SSSR count). The van der Waals surface area contributed by atoms with Gasteiger partial charge in [0.25, 0.3) is 0 Å². The topological polar surface area (TPSA) is 54.2 Å². The number of nitrogens with one attached hydrogen (secondary N) is 1. The van der Waals surface area contributed by atoms with Crippen LogP contribution in [0.4, 0.5) is 11.4 Å². The molecule has 21 heavy (non-hydrogen) atoms. The number of benzene rings is 1. The third-order valence-electron chi connectivity index (χ3n) is 4.30. The van der Waals surface area contributed by atoms with Crippen molar-refractivity contribution in [3.8, 4) is 0 Å². The number of aromatic nitrogens is 1. The molecule has 1 aliphatic heterocycles. The minimum atomic E-state index is 0.485. The lowest BCUT2D eigenvalue weighted by atomic mass is 9.94. The first-order valence-electron chi connectivity index (χ1n) is 7.33. The first-order chi connectivity index (χ1) is 10.0. The molecule has 2 heterocycles. The minimum absolute atomic E-state index is 0.485. The third kappa shape index (κ3) is 2.99. The van der Waals surface area contributed by atoms with Crippen LogP contribution in [0.5, 0.6) is 0 Å². The second kappa shape index (κ2) is 5.81. The normalized spacial score (nSPS) is 23.4. The fourth-order valence-electron chi connectivity index (χ4n) is 3.10. The zero-order chi connectivity index (χ0) is 15.0. The molecule has 1 saturated heterocycles. The van der Waals surface area contributed by atoms with Gasteiger partial charge in [0.2, 0.25) is 0 Å². The molecule has 3 N–H and O–H groups in total. The third-order valence-corrected chi connectivity index (χ3v) is 4.73. The van der Waals surface area contributed by atoms with Crippen molar-refractivity contribution in [2.24, 2.45) is 5.92 Å². The van der Waals surface area contributed by atoms with Crippen LogP contribution in [0.3, 0.4) is 0 Å². The Morgan fingerprint density at radius 2 is 2.24 bits per heavy atom. The van der Waals surface area contributed by atoms with Gasteiger partial charge in [-0.25, -0.2) is 0 Å². The van der Waals surface area contributed by atoms with Crippen LogP contribution in [0.1, 0.15) is 13.3 Å². The molecule has 1 aromatic heterocycles. The smallest absolute Gasteiger partial charge is 0.0954 e. The summed E-state index contributed by atoms with van der Waals surface area (Å²) < 4.78 is 0.950. The molecule has 2 atom stereocenters. The maximum absolute atomic E-state index is 6.08. The molecule has 1 aromatic carbocycles. The van der Waals surface area contributed by atoms with Gasteiger partial charge < -0.3 is 16.0 Å². The molecule has 0 aliphatic carbocycles. The van der Waals surface area contributed by atoms with Gasteiger partial charge >= 0.3 is 0 Å². The van der Waals surface area contributed by atoms with Crippen LogP contribution < -0.4 is 11.1 Å². The molecule has 0 bridgehead atoms. The van der Waals surface area contributed by atoms with E-state index in [1.165, 1.54) is 0 Å². The number of nitrogens with two attached hydrogens (primary N) is 1. The lowest BCUT2D eigenvalue weighted by molar-refractivity contribution is 0.206. The van der Waals surface area contributed by atoms with Crippen molar-refractivity contribution in [2.75, 3.05) is 31.2 Å². The summed E-state index contributed by atoms with van der Waals surface area (Å²) in [4.78, 5) is 6.94. The summed E-state index contributed by atoms with van der Waals surface area (Å²) in [6.45, 7) is 4.56. The molecule has 0 amide bonds. The minimum Gasteiger partial charge on any atom is -0.398 e. The van der Waals surface area contributed by atoms with Crippen LogP contribution in [-0.4, -0.2) is 36.1 Å². The van der Waals surface area contributed by atoms with Gasteiger partial charge in [0.15, 0.2) is 0 Å². The van der Waals surface area contributed by atoms with Crippen molar-refractivity contribution in [3.05, 3.63) is 28.9 Å². The number of piperidine rings is 1. The molecule has 0 spiro atoms. The molecule has 2 aromatic rings. The highest BCUT2D eigenvalue weighted by molar-refractivity contribution is 9.10. The molecule has 1 aliphatic rings. The van der Waals surface area contributed by atoms with Crippen molar-refractivity contribution >= 4 is 38.2 Å². The summed E-state index contributed by atoms with van der Waals surface area (Å²) in [5.41, 5.74) is 8.87. The van der Waals surface area contributed by atoms with Crippen LogP contribution in [0.15, 0.2) is 28.9 Å². The van der Waals surface area contributed by atoms with E-state index in [-0.39, 0.29) is 0 Å². The average molecular weight is 349 g/mol. The lowest BCUT2D eigenvalue weighted by Crippen LogP contribution is -2.43. The highest BCUT2D eigenvalue weighted by Gasteiger charge is 2.24. The van der Waals surface area contributed by atoms with E-state index in [9.17, 15) is 0 Å². The zero-order valence-corrected chi connectivity index (χ0v) is 14.0. The second-order valence-electron chi connectivity index (χ2n) is 6.03. The quantitative estimate of drug-likeness (QED) is 0.817. The van der Waals surface area contributed by atoms with Crippen molar-refractivity contribution < 1.29 is 0 Å². The van der Waals surface area contributed by atoms with Gasteiger partial charge in [-0.15, -0.1) is 0 Å². The summed E-state index contributed by atoms with van der Waals surface area (Å²) >= 11 is 3.46.